The van der Waals surface area contributed by atoms with Crippen LogP contribution in [-0.4, -0.2) is 11.1 Å². The second kappa shape index (κ2) is 3.06. The molecule has 0 unspecified atom stereocenters. The number of hydroxylamine groups is 2. The van der Waals surface area contributed by atoms with Crippen molar-refractivity contribution in [2.45, 2.75) is 13.2 Å². The summed E-state index contributed by atoms with van der Waals surface area (Å²) in [5.74, 6) is 0. The Morgan fingerprint density at radius 3 is 2.77 bits per heavy atom. The Bertz CT molecular complexity index is 338. The Morgan fingerprint density at radius 2 is 2.08 bits per heavy atom. The Kier molecular flexibility index (Phi) is 1.90. The minimum atomic E-state index is -0.547. The predicted octanol–water partition coefficient (Wildman–Crippen LogP) is 1.01. The van der Waals surface area contributed by atoms with Crippen molar-refractivity contribution < 1.29 is 9.63 Å². The number of hydrogen-bond acceptors (Lipinski definition) is 2. The van der Waals surface area contributed by atoms with Gasteiger partial charge in [0.05, 0.1) is 6.54 Å². The highest BCUT2D eigenvalue weighted by Crippen LogP contribution is 2.18. The molecule has 13 heavy (non-hydrogen) atoms. The zero-order valence-corrected chi connectivity index (χ0v) is 7.06. The number of primary amides is 1. The van der Waals surface area contributed by atoms with Crippen LogP contribution in [0.2, 0.25) is 0 Å². The molecule has 0 spiro atoms. The van der Waals surface area contributed by atoms with Crippen molar-refractivity contribution in [1.29, 1.82) is 0 Å². The standard InChI is InChI=1S/C9H10N2O2/c10-9(12)11-5-7-3-1-2-4-8(7)6-13-11/h1-4H,5-6H2,(H2,10,12). The lowest BCUT2D eigenvalue weighted by atomic mass is 10.1. The first-order chi connectivity index (χ1) is 6.27. The number of rotatable bonds is 0. The van der Waals surface area contributed by atoms with E-state index in [4.69, 9.17) is 10.6 Å². The highest BCUT2D eigenvalue weighted by Gasteiger charge is 2.18. The monoisotopic (exact) mass is 178 g/mol. The van der Waals surface area contributed by atoms with Crippen molar-refractivity contribution in [3.63, 3.8) is 0 Å². The third-order valence-electron chi connectivity index (χ3n) is 2.05. The van der Waals surface area contributed by atoms with Crippen molar-refractivity contribution in [3.05, 3.63) is 35.4 Å². The van der Waals surface area contributed by atoms with Gasteiger partial charge in [-0.15, -0.1) is 0 Å². The topological polar surface area (TPSA) is 55.6 Å². The maximum atomic E-state index is 10.8. The van der Waals surface area contributed by atoms with Crippen molar-refractivity contribution in [3.8, 4) is 0 Å². The van der Waals surface area contributed by atoms with Crippen LogP contribution in [0.4, 0.5) is 4.79 Å². The number of carbonyl (C=O) groups is 1. The molecule has 4 nitrogen and oxygen atoms in total. The van der Waals surface area contributed by atoms with E-state index >= 15 is 0 Å². The smallest absolute Gasteiger partial charge is 0.339 e. The average Bonchev–Trinajstić information content (AvgIpc) is 2.17. The van der Waals surface area contributed by atoms with E-state index in [0.717, 1.165) is 11.1 Å². The van der Waals surface area contributed by atoms with Crippen LogP contribution in [0.1, 0.15) is 11.1 Å². The van der Waals surface area contributed by atoms with Gasteiger partial charge in [-0.1, -0.05) is 24.3 Å². The van der Waals surface area contributed by atoms with Gasteiger partial charge in [0, 0.05) is 0 Å². The largest absolute Gasteiger partial charge is 0.350 e. The van der Waals surface area contributed by atoms with Crippen LogP contribution in [-0.2, 0) is 18.0 Å². The van der Waals surface area contributed by atoms with Gasteiger partial charge in [0.1, 0.15) is 6.61 Å². The zero-order chi connectivity index (χ0) is 9.26. The molecule has 1 aliphatic rings. The van der Waals surface area contributed by atoms with Crippen molar-refractivity contribution in [1.82, 2.24) is 5.06 Å². The summed E-state index contributed by atoms with van der Waals surface area (Å²) in [4.78, 5) is 15.9. The molecular formula is C9H10N2O2. The molecule has 0 aliphatic carbocycles. The molecule has 1 aromatic rings. The molecule has 2 N–H and O–H groups in total. The number of nitrogens with two attached hydrogens (primary N) is 1. The summed E-state index contributed by atoms with van der Waals surface area (Å²) in [5.41, 5.74) is 7.29. The van der Waals surface area contributed by atoms with E-state index in [1.165, 1.54) is 5.06 Å². The zero-order valence-electron chi connectivity index (χ0n) is 7.06. The number of fused-ring (bicyclic) bond motifs is 1. The average molecular weight is 178 g/mol. The van der Waals surface area contributed by atoms with Gasteiger partial charge in [-0.05, 0) is 11.1 Å². The molecule has 1 aromatic carbocycles. The highest BCUT2D eigenvalue weighted by atomic mass is 16.7. The maximum Gasteiger partial charge on any atom is 0.339 e. The fourth-order valence-corrected chi connectivity index (χ4v) is 1.34. The summed E-state index contributed by atoms with van der Waals surface area (Å²) >= 11 is 0. The quantitative estimate of drug-likeness (QED) is 0.644. The molecule has 0 aromatic heterocycles. The molecule has 0 fully saturated rings. The number of carbonyl (C=O) groups excluding carboxylic acids is 1. The summed E-state index contributed by atoms with van der Waals surface area (Å²) in [6.07, 6.45) is 0. The Labute approximate surface area is 75.8 Å². The second-order valence-electron chi connectivity index (χ2n) is 2.92. The van der Waals surface area contributed by atoms with Crippen LogP contribution >= 0.6 is 0 Å². The summed E-state index contributed by atoms with van der Waals surface area (Å²) in [7, 11) is 0. The third kappa shape index (κ3) is 1.48. The first-order valence-electron chi connectivity index (χ1n) is 4.04. The van der Waals surface area contributed by atoms with Gasteiger partial charge in [0.15, 0.2) is 0 Å². The van der Waals surface area contributed by atoms with Crippen LogP contribution in [0.3, 0.4) is 0 Å². The van der Waals surface area contributed by atoms with Crippen LogP contribution in [0, 0.1) is 0 Å². The lowest BCUT2D eigenvalue weighted by Gasteiger charge is -2.26. The SMILES string of the molecule is NC(=O)N1Cc2ccccc2CO1. The van der Waals surface area contributed by atoms with E-state index in [1.54, 1.807) is 0 Å². The molecule has 0 saturated heterocycles. The first kappa shape index (κ1) is 8.07. The number of nitrogens with zero attached hydrogens (tertiary/aromatic N) is 1. The highest BCUT2D eigenvalue weighted by molar-refractivity contribution is 5.71. The summed E-state index contributed by atoms with van der Waals surface area (Å²) in [6.45, 7) is 0.852. The van der Waals surface area contributed by atoms with Crippen LogP contribution in [0.5, 0.6) is 0 Å². The minimum absolute atomic E-state index is 0.416. The Balaban J connectivity index is 2.24. The molecule has 0 atom stereocenters. The van der Waals surface area contributed by atoms with Crippen LogP contribution in [0.25, 0.3) is 0 Å². The molecule has 1 heterocycles. The maximum absolute atomic E-state index is 10.8. The third-order valence-corrected chi connectivity index (χ3v) is 2.05. The number of urea groups is 1. The minimum Gasteiger partial charge on any atom is -0.350 e. The molecule has 2 amide bonds. The number of benzene rings is 1. The van der Waals surface area contributed by atoms with Crippen LogP contribution in [0.15, 0.2) is 24.3 Å². The molecule has 1 aliphatic heterocycles. The molecule has 2 rings (SSSR count). The molecule has 0 bridgehead atoms. The van der Waals surface area contributed by atoms with Gasteiger partial charge >= 0.3 is 6.03 Å². The normalized spacial score (nSPS) is 15.2. The summed E-state index contributed by atoms with van der Waals surface area (Å²) < 4.78 is 0. The van der Waals surface area contributed by atoms with E-state index in [1.807, 2.05) is 24.3 Å². The second-order valence-corrected chi connectivity index (χ2v) is 2.92. The van der Waals surface area contributed by atoms with Crippen molar-refractivity contribution in [2.24, 2.45) is 5.73 Å². The molecule has 0 saturated carbocycles. The fraction of sp³-hybridized carbons (Fsp3) is 0.222. The number of hydrogen-bond donors (Lipinski definition) is 1. The van der Waals surface area contributed by atoms with E-state index in [2.05, 4.69) is 0 Å². The lowest BCUT2D eigenvalue weighted by molar-refractivity contribution is -0.142. The van der Waals surface area contributed by atoms with Gasteiger partial charge in [0.25, 0.3) is 0 Å². The number of amides is 2. The molecule has 0 radical (unpaired) electrons. The van der Waals surface area contributed by atoms with E-state index < -0.39 is 6.03 Å². The van der Waals surface area contributed by atoms with E-state index in [0.29, 0.717) is 13.2 Å². The molecule has 4 heteroatoms. The predicted molar refractivity (Wildman–Crippen MR) is 46.4 cm³/mol. The Morgan fingerprint density at radius 1 is 1.38 bits per heavy atom. The lowest BCUT2D eigenvalue weighted by Crippen LogP contribution is -2.37. The van der Waals surface area contributed by atoms with Gasteiger partial charge in [-0.3, -0.25) is 4.84 Å². The van der Waals surface area contributed by atoms with Gasteiger partial charge < -0.3 is 5.73 Å². The Hall–Kier alpha value is -1.55. The van der Waals surface area contributed by atoms with Gasteiger partial charge in [-0.2, -0.15) is 5.06 Å². The summed E-state index contributed by atoms with van der Waals surface area (Å²) in [5, 5.41) is 1.17. The van der Waals surface area contributed by atoms with Crippen molar-refractivity contribution >= 4 is 6.03 Å². The van der Waals surface area contributed by atoms with E-state index in [9.17, 15) is 4.79 Å². The van der Waals surface area contributed by atoms with Gasteiger partial charge in [0.2, 0.25) is 0 Å². The van der Waals surface area contributed by atoms with Crippen LogP contribution < -0.4 is 5.73 Å². The summed E-state index contributed by atoms with van der Waals surface area (Å²) in [6, 6.07) is 7.28. The fourth-order valence-electron chi connectivity index (χ4n) is 1.34. The van der Waals surface area contributed by atoms with E-state index in [-0.39, 0.29) is 0 Å². The van der Waals surface area contributed by atoms with Crippen molar-refractivity contribution in [2.75, 3.05) is 0 Å². The molecular weight excluding hydrogens is 168 g/mol. The first-order valence-corrected chi connectivity index (χ1v) is 4.04. The molecule has 68 valence electrons. The van der Waals surface area contributed by atoms with Gasteiger partial charge in [-0.25, -0.2) is 4.79 Å².